The van der Waals surface area contributed by atoms with Gasteiger partial charge in [0.2, 0.25) is 0 Å². The van der Waals surface area contributed by atoms with Crippen LogP contribution in [0.1, 0.15) is 399 Å². The Morgan fingerprint density at radius 3 is 0.843 bits per heavy atom. The molecule has 0 radical (unpaired) electrons. The predicted octanol–water partition coefficient (Wildman–Crippen LogP) is 28.7. The summed E-state index contributed by atoms with van der Waals surface area (Å²) in [6.45, 7) is 4.17. The number of ether oxygens (including phenoxy) is 2. The number of unbranched alkanes of at least 4 members (excludes halogenated alkanes) is 46. The summed E-state index contributed by atoms with van der Waals surface area (Å²) in [7, 11) is 1.17. The Morgan fingerprint density at radius 2 is 0.559 bits per heavy atom. The molecular weight excluding hydrogens is 1280 g/mol. The van der Waals surface area contributed by atoms with Crippen LogP contribution in [-0.4, -0.2) is 70.0 Å². The number of allylic oxidation sites excluding steroid dienone is 20. The lowest BCUT2D eigenvalue weighted by atomic mass is 10.0. The number of carbonyl (C=O) groups excluding carboxylic acids is 2. The van der Waals surface area contributed by atoms with E-state index in [1.165, 1.54) is 270 Å². The monoisotopic (exact) mass is 1440 g/mol. The van der Waals surface area contributed by atoms with Crippen LogP contribution < -0.4 is 4.89 Å². The lowest BCUT2D eigenvalue weighted by Crippen LogP contribution is -2.37. The van der Waals surface area contributed by atoms with Gasteiger partial charge in [-0.3, -0.25) is 14.2 Å². The Balaban J connectivity index is 3.94. The van der Waals surface area contributed by atoms with Gasteiger partial charge in [0.15, 0.2) is 6.10 Å². The first-order valence-electron chi connectivity index (χ1n) is 43.2. The van der Waals surface area contributed by atoms with E-state index in [1.807, 2.05) is 21.1 Å². The highest BCUT2D eigenvalue weighted by Gasteiger charge is 2.22. The van der Waals surface area contributed by atoms with Gasteiger partial charge in [0, 0.05) is 12.8 Å². The van der Waals surface area contributed by atoms with Crippen molar-refractivity contribution in [3.05, 3.63) is 122 Å². The molecule has 10 heteroatoms. The summed E-state index contributed by atoms with van der Waals surface area (Å²) in [6, 6.07) is 0. The maximum Gasteiger partial charge on any atom is 0.306 e. The number of phosphoric acid groups is 1. The number of hydrogen-bond acceptors (Lipinski definition) is 8. The van der Waals surface area contributed by atoms with E-state index < -0.39 is 26.5 Å². The molecule has 590 valence electrons. The van der Waals surface area contributed by atoms with Crippen LogP contribution in [0.4, 0.5) is 0 Å². The smallest absolute Gasteiger partial charge is 0.306 e. The van der Waals surface area contributed by atoms with E-state index in [9.17, 15) is 19.0 Å². The van der Waals surface area contributed by atoms with Crippen molar-refractivity contribution in [1.29, 1.82) is 0 Å². The van der Waals surface area contributed by atoms with Gasteiger partial charge in [-0.15, -0.1) is 0 Å². The SMILES string of the molecule is CC/C=C\C/C=C\C/C=C\C/C=C\C/C=C\C/C=C\C/C=C\C/C=C\C/C=C\CCCCCCCCCCCCCCCC(=O)OC(COC(=O)CCCCCCCCCCCCCCCCCCCCCCCCCCC/C=C\CCCCCCCCCC)COP(=O)([O-])OCC[N+](C)(C)C. The van der Waals surface area contributed by atoms with Gasteiger partial charge in [0.1, 0.15) is 19.8 Å². The molecule has 0 rings (SSSR count). The normalized spacial score (nSPS) is 13.6. The molecule has 0 bridgehead atoms. The summed E-state index contributed by atoms with van der Waals surface area (Å²) < 4.78 is 34.5. The molecule has 2 unspecified atom stereocenters. The Kier molecular flexibility index (Phi) is 78.6. The maximum atomic E-state index is 12.9. The summed E-state index contributed by atoms with van der Waals surface area (Å²) >= 11 is 0. The van der Waals surface area contributed by atoms with Gasteiger partial charge in [-0.1, -0.05) is 399 Å². The van der Waals surface area contributed by atoms with Crippen LogP contribution in [0.5, 0.6) is 0 Å². The number of phosphoric ester groups is 1. The topological polar surface area (TPSA) is 111 Å². The minimum Gasteiger partial charge on any atom is -0.756 e. The van der Waals surface area contributed by atoms with Crippen molar-refractivity contribution < 1.29 is 42.1 Å². The molecule has 0 aliphatic rings. The fraction of sp³-hybridized carbons (Fsp3) is 0.761. The molecule has 0 spiro atoms. The van der Waals surface area contributed by atoms with Crippen LogP contribution in [0.15, 0.2) is 122 Å². The van der Waals surface area contributed by atoms with E-state index in [0.717, 1.165) is 96.3 Å². The van der Waals surface area contributed by atoms with Crippen molar-refractivity contribution >= 4 is 19.8 Å². The van der Waals surface area contributed by atoms with Crippen molar-refractivity contribution in [2.45, 2.75) is 405 Å². The van der Waals surface area contributed by atoms with Gasteiger partial charge in [-0.25, -0.2) is 0 Å². The van der Waals surface area contributed by atoms with E-state index in [2.05, 4.69) is 135 Å². The molecule has 2 atom stereocenters. The molecule has 0 aliphatic heterocycles. The van der Waals surface area contributed by atoms with Crippen LogP contribution >= 0.6 is 7.82 Å². The van der Waals surface area contributed by atoms with Gasteiger partial charge in [0.05, 0.1) is 27.7 Å². The Bertz CT molecular complexity index is 2140. The Morgan fingerprint density at radius 1 is 0.314 bits per heavy atom. The minimum atomic E-state index is -4.65. The first kappa shape index (κ1) is 98.4. The molecule has 0 saturated heterocycles. The molecule has 0 heterocycles. The fourth-order valence-corrected chi connectivity index (χ4v) is 13.1. The highest BCUT2D eigenvalue weighted by atomic mass is 31.2. The molecule has 0 saturated carbocycles. The van der Waals surface area contributed by atoms with E-state index in [1.54, 1.807) is 0 Å². The van der Waals surface area contributed by atoms with Crippen LogP contribution in [0.25, 0.3) is 0 Å². The van der Waals surface area contributed by atoms with Crippen molar-refractivity contribution in [2.75, 3.05) is 47.5 Å². The summed E-state index contributed by atoms with van der Waals surface area (Å²) in [5.41, 5.74) is 0. The van der Waals surface area contributed by atoms with Gasteiger partial charge in [-0.05, 0) is 109 Å². The van der Waals surface area contributed by atoms with Crippen LogP contribution in [0, 0.1) is 0 Å². The number of quaternary nitrogens is 1. The molecule has 0 aromatic heterocycles. The van der Waals surface area contributed by atoms with Crippen molar-refractivity contribution in [3.63, 3.8) is 0 Å². The zero-order chi connectivity index (χ0) is 74.0. The highest BCUT2D eigenvalue weighted by Crippen LogP contribution is 2.38. The number of hydrogen-bond donors (Lipinski definition) is 0. The molecule has 0 aromatic rings. The van der Waals surface area contributed by atoms with Crippen LogP contribution in [0.2, 0.25) is 0 Å². The van der Waals surface area contributed by atoms with Crippen molar-refractivity contribution in [3.8, 4) is 0 Å². The third kappa shape index (κ3) is 85.3. The molecule has 102 heavy (non-hydrogen) atoms. The number of nitrogens with zero attached hydrogens (tertiary/aromatic N) is 1. The fourth-order valence-electron chi connectivity index (χ4n) is 12.4. The quantitative estimate of drug-likeness (QED) is 0.0195. The highest BCUT2D eigenvalue weighted by molar-refractivity contribution is 7.45. The minimum absolute atomic E-state index is 0.0330. The first-order valence-corrected chi connectivity index (χ1v) is 44.7. The lowest BCUT2D eigenvalue weighted by Gasteiger charge is -2.28. The molecule has 0 amide bonds. The third-order valence-electron chi connectivity index (χ3n) is 19.0. The Hall–Kier alpha value is -3.59. The summed E-state index contributed by atoms with van der Waals surface area (Å²) in [4.78, 5) is 38.2. The second-order valence-electron chi connectivity index (χ2n) is 30.2. The van der Waals surface area contributed by atoms with Gasteiger partial charge < -0.3 is 27.9 Å². The maximum absolute atomic E-state index is 12.9. The number of likely N-dealkylation sites (N-methyl/N-ethyl adjacent to an activating group) is 1. The second kappa shape index (κ2) is 81.5. The van der Waals surface area contributed by atoms with Crippen LogP contribution in [0.3, 0.4) is 0 Å². The summed E-state index contributed by atoms with van der Waals surface area (Å²) in [5, 5.41) is 0. The number of carbonyl (C=O) groups is 2. The molecule has 0 N–H and O–H groups in total. The average molecular weight is 1440 g/mol. The number of rotatable bonds is 80. The average Bonchev–Trinajstić information content (AvgIpc) is 0.916. The molecule has 0 aromatic carbocycles. The molecule has 9 nitrogen and oxygen atoms in total. The largest absolute Gasteiger partial charge is 0.756 e. The van der Waals surface area contributed by atoms with Crippen molar-refractivity contribution in [2.24, 2.45) is 0 Å². The zero-order valence-electron chi connectivity index (χ0n) is 67.5. The second-order valence-corrected chi connectivity index (χ2v) is 31.6. The third-order valence-corrected chi connectivity index (χ3v) is 19.9. The van der Waals surface area contributed by atoms with Gasteiger partial charge >= 0.3 is 11.9 Å². The van der Waals surface area contributed by atoms with E-state index in [0.29, 0.717) is 17.4 Å². The molecule has 0 fully saturated rings. The lowest BCUT2D eigenvalue weighted by molar-refractivity contribution is -0.870. The van der Waals surface area contributed by atoms with E-state index >= 15 is 0 Å². The van der Waals surface area contributed by atoms with Crippen molar-refractivity contribution in [1.82, 2.24) is 0 Å². The van der Waals surface area contributed by atoms with Gasteiger partial charge in [0.25, 0.3) is 7.82 Å². The predicted molar refractivity (Wildman–Crippen MR) is 443 cm³/mol. The van der Waals surface area contributed by atoms with E-state index in [-0.39, 0.29) is 32.0 Å². The molecular formula is C92H164NO8P. The Labute approximate surface area is 632 Å². The number of esters is 2. The van der Waals surface area contributed by atoms with Gasteiger partial charge in [-0.2, -0.15) is 0 Å². The van der Waals surface area contributed by atoms with E-state index in [4.69, 9.17) is 18.5 Å². The standard InChI is InChI=1S/C92H164NO8P/c1-6-8-10-12-14-16-18-20-22-24-26-28-30-32-34-36-38-40-42-44-45-46-47-49-51-53-55-57-59-61-63-65-67-69-71-73-75-77-79-81-83-85-92(95)101-90(89-100-102(96,97)99-87-86-93(3,4)5)88-98-91(94)84-82-80-78-76-74-72-70-68-66-64-62-60-58-56-54-52-50-48-43-41-39-37-35-33-31-29-27-25-23-21-19-17-15-13-11-9-7-2/h8,10,14,16,20,22,25-28,32,34,38,40,44-45,47,49,53,55,90H,6-7,9,11-13,15,17-19,21,23-24,29-31,33,35-37,39,41-43,46,48,50-52,54,56-89H2,1-5H3/b10-8-,16-14-,22-20-,27-25-,28-26-,34-32-,40-38-,45-44-,49-47-,55-53-. The summed E-state index contributed by atoms with van der Waals surface area (Å²) in [6.07, 6.45) is 118. The van der Waals surface area contributed by atoms with Crippen LogP contribution in [-0.2, 0) is 32.7 Å². The first-order chi connectivity index (χ1) is 50.0. The molecule has 0 aliphatic carbocycles. The zero-order valence-corrected chi connectivity index (χ0v) is 68.4. The summed E-state index contributed by atoms with van der Waals surface area (Å²) in [5.74, 6) is -0.821.